The summed E-state index contributed by atoms with van der Waals surface area (Å²) in [4.78, 5) is 22.8. The summed E-state index contributed by atoms with van der Waals surface area (Å²) < 4.78 is 55.5. The Kier molecular flexibility index (Phi) is 10.1. The molecule has 4 N–H and O–H groups in total. The molecule has 4 rings (SSSR count). The third-order valence-corrected chi connectivity index (χ3v) is 6.97. The van der Waals surface area contributed by atoms with Gasteiger partial charge in [-0.05, 0) is 52.8 Å². The van der Waals surface area contributed by atoms with E-state index >= 15 is 8.78 Å². The van der Waals surface area contributed by atoms with Gasteiger partial charge in [-0.15, -0.1) is 0 Å². The number of pyridine rings is 2. The average molecular weight is 632 g/mol. The number of hydrogen-bond donors (Lipinski definition) is 4. The summed E-state index contributed by atoms with van der Waals surface area (Å²) in [6.07, 6.45) is 1.78. The smallest absolute Gasteiger partial charge is 0.408 e. The zero-order chi connectivity index (χ0) is 33.1. The molecule has 13 heteroatoms. The van der Waals surface area contributed by atoms with E-state index in [-0.39, 0.29) is 31.4 Å². The zero-order valence-corrected chi connectivity index (χ0v) is 26.2. The molecular formula is C32H40F3N5O5. The van der Waals surface area contributed by atoms with E-state index in [9.17, 15) is 19.4 Å². The van der Waals surface area contributed by atoms with Gasteiger partial charge in [0, 0.05) is 37.3 Å². The Bertz CT molecular complexity index is 1490. The van der Waals surface area contributed by atoms with Gasteiger partial charge in [-0.25, -0.2) is 22.9 Å². The Morgan fingerprint density at radius 1 is 1.07 bits per heavy atom. The Labute approximate surface area is 260 Å². The highest BCUT2D eigenvalue weighted by Gasteiger charge is 2.36. The van der Waals surface area contributed by atoms with E-state index in [4.69, 9.17) is 9.47 Å². The molecule has 0 radical (unpaired) electrons. The van der Waals surface area contributed by atoms with Gasteiger partial charge in [0.05, 0.1) is 53.1 Å². The number of ether oxygens (including phenoxy) is 2. The van der Waals surface area contributed by atoms with Crippen molar-refractivity contribution < 1.29 is 37.7 Å². The maximum Gasteiger partial charge on any atom is 0.408 e. The number of nitrogens with one attached hydrogen (secondary N) is 2. The van der Waals surface area contributed by atoms with Gasteiger partial charge in [-0.1, -0.05) is 6.92 Å². The number of carbonyl (C=O) groups excluding carboxylic acids is 1. The van der Waals surface area contributed by atoms with Crippen LogP contribution >= 0.6 is 0 Å². The largest absolute Gasteiger partial charge is 0.490 e. The fourth-order valence-electron chi connectivity index (χ4n) is 4.92. The molecule has 1 amide bonds. The highest BCUT2D eigenvalue weighted by atomic mass is 19.1. The number of piperidine rings is 1. The molecule has 10 nitrogen and oxygen atoms in total. The van der Waals surface area contributed by atoms with Crippen LogP contribution in [0.1, 0.15) is 47.2 Å². The lowest BCUT2D eigenvalue weighted by molar-refractivity contribution is 0.0282. The number of hydrogen-bond acceptors (Lipinski definition) is 9. The topological polar surface area (TPSA) is 129 Å². The van der Waals surface area contributed by atoms with E-state index in [1.54, 1.807) is 39.2 Å². The number of aliphatic hydroxyl groups excluding tert-OH is 1. The molecule has 0 bridgehead atoms. The first-order valence-corrected chi connectivity index (χ1v) is 14.6. The molecule has 0 spiro atoms. The number of halogens is 3. The van der Waals surface area contributed by atoms with Crippen molar-refractivity contribution in [3.8, 4) is 17.0 Å². The van der Waals surface area contributed by atoms with Gasteiger partial charge in [0.25, 0.3) is 0 Å². The van der Waals surface area contributed by atoms with E-state index in [0.29, 0.717) is 17.9 Å². The summed E-state index contributed by atoms with van der Waals surface area (Å²) in [5, 5.41) is 26.6. The number of amides is 1. The first-order valence-electron chi connectivity index (χ1n) is 14.6. The van der Waals surface area contributed by atoms with Gasteiger partial charge < -0.3 is 35.2 Å². The Morgan fingerprint density at radius 3 is 2.40 bits per heavy atom. The van der Waals surface area contributed by atoms with Crippen molar-refractivity contribution in [1.29, 1.82) is 0 Å². The number of anilines is 2. The second-order valence-corrected chi connectivity index (χ2v) is 12.9. The van der Waals surface area contributed by atoms with Crippen LogP contribution in [0, 0.1) is 23.4 Å². The molecule has 1 fully saturated rings. The molecule has 1 saturated heterocycles. The van der Waals surface area contributed by atoms with Crippen LogP contribution in [0.25, 0.3) is 11.3 Å². The quantitative estimate of drug-likeness (QED) is 0.257. The molecule has 1 aliphatic heterocycles. The molecule has 0 saturated carbocycles. The normalized spacial score (nSPS) is 18.8. The highest BCUT2D eigenvalue weighted by molar-refractivity contribution is 5.71. The molecule has 244 valence electrons. The number of aliphatic hydroxyl groups is 2. The van der Waals surface area contributed by atoms with E-state index in [0.717, 1.165) is 23.9 Å². The summed E-state index contributed by atoms with van der Waals surface area (Å²) in [5.41, 5.74) is -1.43. The van der Waals surface area contributed by atoms with Gasteiger partial charge in [0.15, 0.2) is 0 Å². The van der Waals surface area contributed by atoms with Gasteiger partial charge in [0.1, 0.15) is 41.1 Å². The standard InChI is InChI=1S/C32H40F3N5O5/c1-18-15-40(16-25(29(18)41)39-30(42)45-31(2,3)4)26-9-10-36-14-24(26)37-13-19-7-8-21(33)28(38-19)27-22(34)11-20(12-23(27)35)44-17-32(5,6)43/h7-12,14,18,25,29,37,41,43H,13,15-17H2,1-6H3,(H,39,42)/t18-,25+,29+/m0/s1. The zero-order valence-electron chi connectivity index (χ0n) is 26.2. The minimum absolute atomic E-state index is 0.0631. The minimum atomic E-state index is -1.22. The predicted molar refractivity (Wildman–Crippen MR) is 163 cm³/mol. The fourth-order valence-corrected chi connectivity index (χ4v) is 4.92. The molecule has 2 aromatic heterocycles. The average Bonchev–Trinajstić information content (AvgIpc) is 2.93. The van der Waals surface area contributed by atoms with Crippen LogP contribution in [-0.4, -0.2) is 69.3 Å². The van der Waals surface area contributed by atoms with E-state index < -0.39 is 58.2 Å². The third kappa shape index (κ3) is 8.98. The van der Waals surface area contributed by atoms with Gasteiger partial charge >= 0.3 is 6.09 Å². The SMILES string of the molecule is C[C@H]1CN(c2ccncc2NCc2ccc(F)c(-c3c(F)cc(OCC(C)(C)O)cc3F)n2)C[C@@H](NC(=O)OC(C)(C)C)[C@@H]1O. The van der Waals surface area contributed by atoms with Crippen molar-refractivity contribution >= 4 is 17.5 Å². The molecule has 3 atom stereocenters. The van der Waals surface area contributed by atoms with Crippen LogP contribution in [-0.2, 0) is 11.3 Å². The van der Waals surface area contributed by atoms with E-state index in [1.165, 1.54) is 19.9 Å². The fraction of sp³-hybridized carbons (Fsp3) is 0.469. The minimum Gasteiger partial charge on any atom is -0.490 e. The van der Waals surface area contributed by atoms with Crippen molar-refractivity contribution in [2.75, 3.05) is 29.9 Å². The molecule has 45 heavy (non-hydrogen) atoms. The van der Waals surface area contributed by atoms with Crippen molar-refractivity contribution in [3.05, 3.63) is 65.9 Å². The van der Waals surface area contributed by atoms with Crippen LogP contribution in [0.5, 0.6) is 5.75 Å². The van der Waals surface area contributed by atoms with Crippen LogP contribution < -0.4 is 20.3 Å². The number of carbonyl (C=O) groups is 1. The lowest BCUT2D eigenvalue weighted by Gasteiger charge is -2.42. The number of alkyl carbamates (subject to hydrolysis) is 1. The predicted octanol–water partition coefficient (Wildman–Crippen LogP) is 5.03. The maximum atomic E-state index is 15.0. The molecule has 0 aliphatic carbocycles. The summed E-state index contributed by atoms with van der Waals surface area (Å²) in [6.45, 7) is 10.8. The third-order valence-electron chi connectivity index (χ3n) is 6.97. The summed E-state index contributed by atoms with van der Waals surface area (Å²) in [5.74, 6) is -3.39. The van der Waals surface area contributed by atoms with E-state index in [1.807, 2.05) is 11.8 Å². The van der Waals surface area contributed by atoms with Crippen LogP contribution in [0.15, 0.2) is 42.7 Å². The number of aromatic nitrogens is 2. The van der Waals surface area contributed by atoms with Crippen LogP contribution in [0.4, 0.5) is 29.3 Å². The van der Waals surface area contributed by atoms with Gasteiger partial charge in [-0.3, -0.25) is 4.98 Å². The first-order chi connectivity index (χ1) is 21.0. The van der Waals surface area contributed by atoms with Crippen molar-refractivity contribution in [1.82, 2.24) is 15.3 Å². The second-order valence-electron chi connectivity index (χ2n) is 12.9. The maximum absolute atomic E-state index is 15.0. The molecule has 0 unspecified atom stereocenters. The summed E-state index contributed by atoms with van der Waals surface area (Å²) in [6, 6.07) is 5.50. The second kappa shape index (κ2) is 13.5. The molecule has 3 aromatic rings. The highest BCUT2D eigenvalue weighted by Crippen LogP contribution is 2.32. The Balaban J connectivity index is 1.52. The van der Waals surface area contributed by atoms with Gasteiger partial charge in [-0.2, -0.15) is 0 Å². The first kappa shape index (κ1) is 33.8. The molecular weight excluding hydrogens is 591 g/mol. The summed E-state index contributed by atoms with van der Waals surface area (Å²) in [7, 11) is 0. The van der Waals surface area contributed by atoms with E-state index in [2.05, 4.69) is 20.6 Å². The monoisotopic (exact) mass is 631 g/mol. The Hall–Kier alpha value is -4.10. The lowest BCUT2D eigenvalue weighted by atomic mass is 9.92. The lowest BCUT2D eigenvalue weighted by Crippen LogP contribution is -2.59. The Morgan fingerprint density at radius 2 is 1.76 bits per heavy atom. The van der Waals surface area contributed by atoms with Crippen molar-refractivity contribution in [2.45, 2.75) is 71.4 Å². The number of nitrogens with zero attached hydrogens (tertiary/aromatic N) is 3. The van der Waals surface area contributed by atoms with Crippen molar-refractivity contribution in [3.63, 3.8) is 0 Å². The van der Waals surface area contributed by atoms with Crippen molar-refractivity contribution in [2.24, 2.45) is 5.92 Å². The van der Waals surface area contributed by atoms with Gasteiger partial charge in [0.2, 0.25) is 0 Å². The molecule has 3 heterocycles. The number of benzene rings is 1. The molecule has 1 aromatic carbocycles. The molecule has 1 aliphatic rings. The van der Waals surface area contributed by atoms with Crippen LogP contribution in [0.3, 0.4) is 0 Å². The summed E-state index contributed by atoms with van der Waals surface area (Å²) >= 11 is 0. The number of rotatable bonds is 9. The van der Waals surface area contributed by atoms with Crippen LogP contribution in [0.2, 0.25) is 0 Å².